The molecule has 108 valence electrons. The minimum Gasteiger partial charge on any atom is -0.469 e. The van der Waals surface area contributed by atoms with Gasteiger partial charge in [-0.25, -0.2) is 0 Å². The summed E-state index contributed by atoms with van der Waals surface area (Å²) >= 11 is 11.9. The zero-order chi connectivity index (χ0) is 14.7. The Balaban J connectivity index is 1.84. The van der Waals surface area contributed by atoms with Crippen molar-refractivity contribution in [1.82, 2.24) is 5.32 Å². The van der Waals surface area contributed by atoms with Crippen LogP contribution in [-0.4, -0.2) is 25.5 Å². The third-order valence-electron chi connectivity index (χ3n) is 3.30. The molecule has 1 aromatic rings. The van der Waals surface area contributed by atoms with Gasteiger partial charge in [-0.3, -0.25) is 9.59 Å². The molecule has 1 N–H and O–H groups in total. The van der Waals surface area contributed by atoms with Crippen molar-refractivity contribution in [3.05, 3.63) is 33.8 Å². The van der Waals surface area contributed by atoms with Crippen LogP contribution in [0.2, 0.25) is 10.0 Å². The van der Waals surface area contributed by atoms with E-state index in [1.807, 2.05) is 12.1 Å². The van der Waals surface area contributed by atoms with Gasteiger partial charge in [0.25, 0.3) is 0 Å². The number of halogens is 2. The minimum atomic E-state index is -0.334. The highest BCUT2D eigenvalue weighted by molar-refractivity contribution is 6.34. The lowest BCUT2D eigenvalue weighted by Crippen LogP contribution is -2.28. The van der Waals surface area contributed by atoms with Crippen LogP contribution >= 0.6 is 23.2 Å². The highest BCUT2D eigenvalue weighted by Crippen LogP contribution is 2.48. The average Bonchev–Trinajstić information content (AvgIpc) is 3.17. The first-order valence-corrected chi connectivity index (χ1v) is 7.07. The Labute approximate surface area is 127 Å². The van der Waals surface area contributed by atoms with Gasteiger partial charge in [0.05, 0.1) is 13.5 Å². The van der Waals surface area contributed by atoms with E-state index in [-0.39, 0.29) is 30.1 Å². The average molecular weight is 316 g/mol. The zero-order valence-electron chi connectivity index (χ0n) is 11.0. The van der Waals surface area contributed by atoms with Crippen LogP contribution in [0.4, 0.5) is 0 Å². The van der Waals surface area contributed by atoms with E-state index in [4.69, 9.17) is 23.2 Å². The highest BCUT2D eigenvalue weighted by atomic mass is 35.5. The molecule has 0 radical (unpaired) electrons. The number of nitrogens with one attached hydrogen (secondary N) is 1. The Morgan fingerprint density at radius 1 is 1.30 bits per heavy atom. The Morgan fingerprint density at radius 3 is 2.55 bits per heavy atom. The van der Waals surface area contributed by atoms with Crippen molar-refractivity contribution in [2.45, 2.75) is 18.8 Å². The first-order valence-electron chi connectivity index (χ1n) is 6.31. The summed E-state index contributed by atoms with van der Waals surface area (Å²) in [7, 11) is 1.32. The molecule has 0 bridgehead atoms. The zero-order valence-corrected chi connectivity index (χ0v) is 12.5. The van der Waals surface area contributed by atoms with Crippen molar-refractivity contribution in [1.29, 1.82) is 0 Å². The molecule has 1 fully saturated rings. The van der Waals surface area contributed by atoms with Crippen LogP contribution in [0.1, 0.15) is 24.3 Å². The number of amides is 1. The maximum absolute atomic E-state index is 11.9. The lowest BCUT2D eigenvalue weighted by Gasteiger charge is -2.05. The number of carbonyl (C=O) groups excluding carboxylic acids is 2. The number of esters is 1. The number of methoxy groups -OCH3 is 1. The summed E-state index contributed by atoms with van der Waals surface area (Å²) in [5, 5.41) is 3.88. The molecule has 0 aromatic heterocycles. The van der Waals surface area contributed by atoms with Gasteiger partial charge in [0.2, 0.25) is 5.91 Å². The first-order chi connectivity index (χ1) is 9.51. The van der Waals surface area contributed by atoms with E-state index >= 15 is 0 Å². The molecule has 0 aliphatic heterocycles. The van der Waals surface area contributed by atoms with Gasteiger partial charge in [0.15, 0.2) is 0 Å². The van der Waals surface area contributed by atoms with Gasteiger partial charge in [-0.15, -0.1) is 0 Å². The maximum atomic E-state index is 11.9. The van der Waals surface area contributed by atoms with Crippen LogP contribution in [0, 0.1) is 5.92 Å². The number of hydrogen-bond acceptors (Lipinski definition) is 3. The Morgan fingerprint density at radius 2 is 1.95 bits per heavy atom. The topological polar surface area (TPSA) is 55.4 Å². The van der Waals surface area contributed by atoms with Crippen LogP contribution < -0.4 is 5.32 Å². The summed E-state index contributed by atoms with van der Waals surface area (Å²) in [6, 6.07) is 5.33. The van der Waals surface area contributed by atoms with Gasteiger partial charge in [0.1, 0.15) is 0 Å². The van der Waals surface area contributed by atoms with E-state index in [1.165, 1.54) is 7.11 Å². The van der Waals surface area contributed by atoms with Crippen LogP contribution in [0.25, 0.3) is 0 Å². The summed E-state index contributed by atoms with van der Waals surface area (Å²) < 4.78 is 4.51. The molecule has 4 nitrogen and oxygen atoms in total. The molecule has 0 spiro atoms. The predicted octanol–water partition coefficient (Wildman–Crippen LogP) is 2.78. The van der Waals surface area contributed by atoms with Crippen molar-refractivity contribution in [2.75, 3.05) is 13.7 Å². The molecule has 1 saturated carbocycles. The molecule has 1 aliphatic rings. The number of benzene rings is 1. The Hall–Kier alpha value is -1.26. The van der Waals surface area contributed by atoms with Crippen molar-refractivity contribution in [3.8, 4) is 0 Å². The van der Waals surface area contributed by atoms with Crippen LogP contribution in [0.5, 0.6) is 0 Å². The SMILES string of the molecule is COC(=O)CCNC(=O)[C@H]1C[C@@H]1c1cc(Cl)cc(Cl)c1. The van der Waals surface area contributed by atoms with Crippen LogP contribution in [0.15, 0.2) is 18.2 Å². The van der Waals surface area contributed by atoms with E-state index in [9.17, 15) is 9.59 Å². The normalized spacial score (nSPS) is 20.4. The van der Waals surface area contributed by atoms with Crippen molar-refractivity contribution < 1.29 is 14.3 Å². The fraction of sp³-hybridized carbons (Fsp3) is 0.429. The monoisotopic (exact) mass is 315 g/mol. The predicted molar refractivity (Wildman–Crippen MR) is 77.0 cm³/mol. The molecule has 0 unspecified atom stereocenters. The summed E-state index contributed by atoms with van der Waals surface area (Å²) in [6.07, 6.45) is 0.962. The van der Waals surface area contributed by atoms with Crippen LogP contribution in [0.3, 0.4) is 0 Å². The van der Waals surface area contributed by atoms with Gasteiger partial charge in [-0.2, -0.15) is 0 Å². The standard InChI is InChI=1S/C14H15Cl2NO3/c1-20-13(18)2-3-17-14(19)12-7-11(12)8-4-9(15)6-10(16)5-8/h4-6,11-12H,2-3,7H2,1H3,(H,17,19)/t11-,12+/m1/s1. The van der Waals surface area contributed by atoms with E-state index in [0.29, 0.717) is 16.6 Å². The third-order valence-corrected chi connectivity index (χ3v) is 3.73. The molecule has 1 aromatic carbocycles. The summed E-state index contributed by atoms with van der Waals surface area (Å²) in [4.78, 5) is 22.8. The summed E-state index contributed by atoms with van der Waals surface area (Å²) in [5.41, 5.74) is 0.982. The van der Waals surface area contributed by atoms with E-state index in [1.54, 1.807) is 6.07 Å². The minimum absolute atomic E-state index is 0.0463. The number of hydrogen-bond donors (Lipinski definition) is 1. The van der Waals surface area contributed by atoms with Crippen molar-refractivity contribution in [3.63, 3.8) is 0 Å². The number of ether oxygens (including phenoxy) is 1. The van der Waals surface area contributed by atoms with E-state index < -0.39 is 0 Å². The molecule has 2 atom stereocenters. The Kier molecular flexibility index (Phi) is 4.89. The highest BCUT2D eigenvalue weighted by Gasteiger charge is 2.43. The van der Waals surface area contributed by atoms with Gasteiger partial charge in [0, 0.05) is 22.5 Å². The van der Waals surface area contributed by atoms with Crippen molar-refractivity contribution >= 4 is 35.1 Å². The van der Waals surface area contributed by atoms with E-state index in [0.717, 1.165) is 12.0 Å². The van der Waals surface area contributed by atoms with Crippen molar-refractivity contribution in [2.24, 2.45) is 5.92 Å². The number of carbonyl (C=O) groups is 2. The molecule has 20 heavy (non-hydrogen) atoms. The van der Waals surface area contributed by atoms with Gasteiger partial charge in [-0.1, -0.05) is 23.2 Å². The van der Waals surface area contributed by atoms with Crippen LogP contribution in [-0.2, 0) is 14.3 Å². The molecular formula is C14H15Cl2NO3. The van der Waals surface area contributed by atoms with Gasteiger partial charge >= 0.3 is 5.97 Å². The van der Waals surface area contributed by atoms with E-state index in [2.05, 4.69) is 10.1 Å². The molecule has 0 saturated heterocycles. The van der Waals surface area contributed by atoms with Gasteiger partial charge in [-0.05, 0) is 36.1 Å². The largest absolute Gasteiger partial charge is 0.469 e. The quantitative estimate of drug-likeness (QED) is 0.850. The molecule has 2 rings (SSSR count). The summed E-state index contributed by atoms with van der Waals surface area (Å²) in [6.45, 7) is 0.297. The van der Waals surface area contributed by atoms with Gasteiger partial charge < -0.3 is 10.1 Å². The lowest BCUT2D eigenvalue weighted by molar-refractivity contribution is -0.140. The molecule has 1 amide bonds. The fourth-order valence-corrected chi connectivity index (χ4v) is 2.71. The molecule has 6 heteroatoms. The third kappa shape index (κ3) is 3.87. The second kappa shape index (κ2) is 6.46. The molecule has 1 aliphatic carbocycles. The smallest absolute Gasteiger partial charge is 0.307 e. The maximum Gasteiger partial charge on any atom is 0.307 e. The molecule has 0 heterocycles. The Bertz CT molecular complexity index is 513. The lowest BCUT2D eigenvalue weighted by atomic mass is 10.1. The first kappa shape index (κ1) is 15.1. The fourth-order valence-electron chi connectivity index (χ4n) is 2.16. The second-order valence-corrected chi connectivity index (χ2v) is 5.64. The second-order valence-electron chi connectivity index (χ2n) is 4.77. The summed E-state index contributed by atoms with van der Waals surface area (Å²) in [5.74, 6) is -0.291. The number of rotatable bonds is 5. The molecular weight excluding hydrogens is 301 g/mol.